The van der Waals surface area contributed by atoms with Crippen LogP contribution in [0.2, 0.25) is 18.6 Å². The summed E-state index contributed by atoms with van der Waals surface area (Å²) in [5.41, 5.74) is 0. The summed E-state index contributed by atoms with van der Waals surface area (Å²) in [6.07, 6.45) is 0. The number of benzene rings is 1. The molecule has 0 nitrogen and oxygen atoms in total. The number of hydrogen-bond acceptors (Lipinski definition) is 0. The molecule has 0 bridgehead atoms. The molecule has 64 valence electrons. The van der Waals surface area contributed by atoms with Crippen molar-refractivity contribution >= 4 is 13.3 Å². The van der Waals surface area contributed by atoms with Gasteiger partial charge in [-0.05, 0) is 5.92 Å². The molecule has 12 heavy (non-hydrogen) atoms. The molecule has 0 unspecified atom stereocenters. The van der Waals surface area contributed by atoms with Crippen LogP contribution >= 0.6 is 0 Å². The summed E-state index contributed by atoms with van der Waals surface area (Å²) in [4.78, 5) is 0. The van der Waals surface area contributed by atoms with E-state index in [0.29, 0.717) is 0 Å². The van der Waals surface area contributed by atoms with Gasteiger partial charge in [0, 0.05) is 0 Å². The van der Waals surface area contributed by atoms with Crippen LogP contribution in [-0.4, -0.2) is 8.07 Å². The van der Waals surface area contributed by atoms with Crippen molar-refractivity contribution in [3.05, 3.63) is 30.3 Å². The molecule has 1 fully saturated rings. The largest absolute Gasteiger partial charge is 0.0841 e. The van der Waals surface area contributed by atoms with E-state index in [-0.39, 0.29) is 0 Å². The van der Waals surface area contributed by atoms with Crippen molar-refractivity contribution in [3.63, 3.8) is 0 Å². The minimum Gasteiger partial charge on any atom is -0.0652 e. The Morgan fingerprint density at radius 1 is 1.17 bits per heavy atom. The maximum atomic E-state index is 2.52. The first kappa shape index (κ1) is 8.05. The molecule has 1 aromatic carbocycles. The molecule has 1 aromatic rings. The Kier molecular flexibility index (Phi) is 1.84. The Balaban J connectivity index is 2.21. The zero-order valence-electron chi connectivity index (χ0n) is 7.88. The lowest BCUT2D eigenvalue weighted by Crippen LogP contribution is -2.53. The lowest BCUT2D eigenvalue weighted by molar-refractivity contribution is 0.639. The van der Waals surface area contributed by atoms with Gasteiger partial charge >= 0.3 is 0 Å². The second kappa shape index (κ2) is 2.73. The Morgan fingerprint density at radius 2 is 1.75 bits per heavy atom. The first-order valence-electron chi connectivity index (χ1n) is 4.76. The molecule has 0 aromatic heterocycles. The SMILES string of the molecule is CC1C[Si](C)(c2ccccc2)C1. The van der Waals surface area contributed by atoms with Crippen LogP contribution in [-0.2, 0) is 0 Å². The highest BCUT2D eigenvalue weighted by molar-refractivity contribution is 6.93. The van der Waals surface area contributed by atoms with E-state index in [2.05, 4.69) is 43.8 Å². The van der Waals surface area contributed by atoms with Crippen molar-refractivity contribution < 1.29 is 0 Å². The fraction of sp³-hybridized carbons (Fsp3) is 0.455. The third-order valence-corrected chi connectivity index (χ3v) is 7.99. The molecular formula is C11H16Si. The number of hydrogen-bond donors (Lipinski definition) is 0. The van der Waals surface area contributed by atoms with E-state index in [0.717, 1.165) is 5.92 Å². The summed E-state index contributed by atoms with van der Waals surface area (Å²) in [5.74, 6) is 0.988. The average molecular weight is 176 g/mol. The number of rotatable bonds is 1. The van der Waals surface area contributed by atoms with Crippen molar-refractivity contribution in [1.29, 1.82) is 0 Å². The third-order valence-electron chi connectivity index (χ3n) is 3.07. The molecule has 1 aliphatic heterocycles. The molecule has 1 aliphatic rings. The van der Waals surface area contributed by atoms with E-state index in [1.54, 1.807) is 5.19 Å². The quantitative estimate of drug-likeness (QED) is 0.577. The fourth-order valence-corrected chi connectivity index (χ4v) is 6.98. The highest BCUT2D eigenvalue weighted by atomic mass is 28.3. The van der Waals surface area contributed by atoms with Gasteiger partial charge in [-0.3, -0.25) is 0 Å². The normalized spacial score (nSPS) is 34.3. The second-order valence-corrected chi connectivity index (χ2v) is 8.96. The molecule has 0 saturated carbocycles. The van der Waals surface area contributed by atoms with Crippen molar-refractivity contribution in [1.82, 2.24) is 0 Å². The first-order chi connectivity index (χ1) is 5.71. The van der Waals surface area contributed by atoms with Crippen molar-refractivity contribution in [2.45, 2.75) is 25.6 Å². The minimum atomic E-state index is -0.936. The summed E-state index contributed by atoms with van der Waals surface area (Å²) in [5, 5.41) is 1.66. The van der Waals surface area contributed by atoms with E-state index in [9.17, 15) is 0 Å². The smallest absolute Gasteiger partial charge is 0.0652 e. The molecule has 0 atom stereocenters. The summed E-state index contributed by atoms with van der Waals surface area (Å²) < 4.78 is 0. The van der Waals surface area contributed by atoms with Gasteiger partial charge in [0.2, 0.25) is 0 Å². The van der Waals surface area contributed by atoms with Crippen molar-refractivity contribution in [2.75, 3.05) is 0 Å². The summed E-state index contributed by atoms with van der Waals surface area (Å²) in [6, 6.07) is 14.1. The van der Waals surface area contributed by atoms with E-state index in [1.807, 2.05) is 0 Å². The molecule has 1 saturated heterocycles. The van der Waals surface area contributed by atoms with E-state index >= 15 is 0 Å². The first-order valence-corrected chi connectivity index (χ1v) is 7.68. The van der Waals surface area contributed by atoms with Crippen LogP contribution in [0.5, 0.6) is 0 Å². The van der Waals surface area contributed by atoms with Gasteiger partial charge in [-0.1, -0.05) is 61.1 Å². The van der Waals surface area contributed by atoms with Crippen molar-refractivity contribution in [3.8, 4) is 0 Å². The Hall–Kier alpha value is -0.563. The molecular weight excluding hydrogens is 160 g/mol. The van der Waals surface area contributed by atoms with Crippen LogP contribution in [0.25, 0.3) is 0 Å². The highest BCUT2D eigenvalue weighted by Gasteiger charge is 2.40. The Morgan fingerprint density at radius 3 is 2.25 bits per heavy atom. The monoisotopic (exact) mass is 176 g/mol. The zero-order valence-corrected chi connectivity index (χ0v) is 8.88. The maximum Gasteiger partial charge on any atom is 0.0841 e. The van der Waals surface area contributed by atoms with E-state index < -0.39 is 8.07 Å². The average Bonchev–Trinajstić information content (AvgIpc) is 2.04. The Bertz CT molecular complexity index is 260. The molecule has 0 amide bonds. The second-order valence-electron chi connectivity index (χ2n) is 4.44. The standard InChI is InChI=1S/C11H16Si/c1-10-8-12(2,9-10)11-6-4-3-5-7-11/h3-7,10H,8-9H2,1-2H3. The van der Waals surface area contributed by atoms with Crippen LogP contribution in [0.1, 0.15) is 6.92 Å². The van der Waals surface area contributed by atoms with Gasteiger partial charge in [-0.25, -0.2) is 0 Å². The lowest BCUT2D eigenvalue weighted by atomic mass is 10.2. The molecule has 1 heterocycles. The third kappa shape index (κ3) is 1.22. The summed E-state index contributed by atoms with van der Waals surface area (Å²) in [7, 11) is -0.936. The highest BCUT2D eigenvalue weighted by Crippen LogP contribution is 2.37. The van der Waals surface area contributed by atoms with Gasteiger partial charge in [-0.15, -0.1) is 0 Å². The zero-order chi connectivity index (χ0) is 8.60. The van der Waals surface area contributed by atoms with Crippen LogP contribution in [0.3, 0.4) is 0 Å². The molecule has 1 heteroatoms. The van der Waals surface area contributed by atoms with Crippen LogP contribution < -0.4 is 5.19 Å². The maximum absolute atomic E-state index is 2.52. The predicted octanol–water partition coefficient (Wildman–Crippen LogP) is 2.62. The van der Waals surface area contributed by atoms with Gasteiger partial charge in [0.05, 0.1) is 8.07 Å². The predicted molar refractivity (Wildman–Crippen MR) is 56.5 cm³/mol. The minimum absolute atomic E-state index is 0.936. The fourth-order valence-electron chi connectivity index (χ4n) is 2.55. The Labute approximate surface area is 75.6 Å². The van der Waals surface area contributed by atoms with Crippen LogP contribution in [0, 0.1) is 5.92 Å². The van der Waals surface area contributed by atoms with Gasteiger partial charge in [-0.2, -0.15) is 0 Å². The van der Waals surface area contributed by atoms with Gasteiger partial charge in [0.25, 0.3) is 0 Å². The van der Waals surface area contributed by atoms with Gasteiger partial charge < -0.3 is 0 Å². The molecule has 0 N–H and O–H groups in total. The summed E-state index contributed by atoms with van der Waals surface area (Å²) in [6.45, 7) is 4.89. The van der Waals surface area contributed by atoms with E-state index in [1.165, 1.54) is 12.1 Å². The van der Waals surface area contributed by atoms with Crippen LogP contribution in [0.4, 0.5) is 0 Å². The summed E-state index contributed by atoms with van der Waals surface area (Å²) >= 11 is 0. The molecule has 0 radical (unpaired) electrons. The van der Waals surface area contributed by atoms with Gasteiger partial charge in [0.1, 0.15) is 0 Å². The van der Waals surface area contributed by atoms with Crippen molar-refractivity contribution in [2.24, 2.45) is 5.92 Å². The molecule has 0 spiro atoms. The van der Waals surface area contributed by atoms with Gasteiger partial charge in [0.15, 0.2) is 0 Å². The van der Waals surface area contributed by atoms with E-state index in [4.69, 9.17) is 0 Å². The van der Waals surface area contributed by atoms with Crippen LogP contribution in [0.15, 0.2) is 30.3 Å². The molecule has 0 aliphatic carbocycles. The topological polar surface area (TPSA) is 0 Å². The molecule has 2 rings (SSSR count). The lowest BCUT2D eigenvalue weighted by Gasteiger charge is -2.42.